The molecule has 0 fully saturated rings. The fraction of sp³-hybridized carbons (Fsp3) is 0.346. The maximum atomic E-state index is 13.8. The van der Waals surface area contributed by atoms with Crippen molar-refractivity contribution in [2.75, 3.05) is 24.2 Å². The van der Waals surface area contributed by atoms with Crippen molar-refractivity contribution in [2.45, 2.75) is 44.8 Å². The summed E-state index contributed by atoms with van der Waals surface area (Å²) in [6.07, 6.45) is -3.51. The summed E-state index contributed by atoms with van der Waals surface area (Å²) in [5.74, 6) is -0.745. The number of hydrogen-bond donors (Lipinski definition) is 3. The molecule has 0 saturated heterocycles. The molecule has 0 radical (unpaired) electrons. The van der Waals surface area contributed by atoms with Gasteiger partial charge in [0, 0.05) is 40.4 Å². The smallest absolute Gasteiger partial charge is 0.391 e. The first kappa shape index (κ1) is 27.8. The fourth-order valence-electron chi connectivity index (χ4n) is 3.81. The zero-order valence-corrected chi connectivity index (χ0v) is 22.1. The average molecular weight is 548 g/mol. The van der Waals surface area contributed by atoms with Crippen LogP contribution in [0.5, 0.6) is 0 Å². The van der Waals surface area contributed by atoms with E-state index in [0.29, 0.717) is 30.4 Å². The Morgan fingerprint density at radius 3 is 2.58 bits per heavy atom. The van der Waals surface area contributed by atoms with Gasteiger partial charge in [-0.25, -0.2) is 4.98 Å². The number of aromatic nitrogens is 2. The van der Waals surface area contributed by atoms with Gasteiger partial charge in [0.25, 0.3) is 5.91 Å². The van der Waals surface area contributed by atoms with Gasteiger partial charge in [0.2, 0.25) is 5.95 Å². The summed E-state index contributed by atoms with van der Waals surface area (Å²) in [5, 5.41) is 15.2. The number of anilines is 4. The van der Waals surface area contributed by atoms with Gasteiger partial charge in [0.05, 0.1) is 23.5 Å². The number of aliphatic hydroxyl groups is 1. The van der Waals surface area contributed by atoms with E-state index in [4.69, 9.17) is 4.52 Å². The van der Waals surface area contributed by atoms with E-state index in [-0.39, 0.29) is 32.5 Å². The number of rotatable bonds is 9. The molecule has 1 aliphatic rings. The monoisotopic (exact) mass is 547 g/mol. The van der Waals surface area contributed by atoms with Crippen LogP contribution in [0.15, 0.2) is 48.7 Å². The Morgan fingerprint density at radius 2 is 1.89 bits per heavy atom. The second-order valence-corrected chi connectivity index (χ2v) is 9.98. The predicted molar refractivity (Wildman–Crippen MR) is 141 cm³/mol. The molecule has 1 amide bonds. The minimum Gasteiger partial charge on any atom is -0.391 e. The van der Waals surface area contributed by atoms with E-state index in [1.165, 1.54) is 4.90 Å². The molecule has 1 aliphatic heterocycles. The minimum atomic E-state index is -4.70. The molecule has 3 N–H and O–H groups in total. The number of halogens is 3. The van der Waals surface area contributed by atoms with Gasteiger partial charge < -0.3 is 25.2 Å². The fourth-order valence-corrected chi connectivity index (χ4v) is 4.75. The molecule has 2 aromatic carbocycles. The van der Waals surface area contributed by atoms with Crippen molar-refractivity contribution in [3.05, 3.63) is 70.9 Å². The molecule has 38 heavy (non-hydrogen) atoms. The SMILES string of the molecule is CC(O)C(C)OPCc1ccc(Nc2ncc(C(F)(F)F)c(Nc3cccc4c3C(=O)N(C)CC4)n2)cc1. The summed E-state index contributed by atoms with van der Waals surface area (Å²) in [4.78, 5) is 22.3. The third-order valence-electron chi connectivity index (χ3n) is 6.21. The second kappa shape index (κ2) is 11.6. The molecule has 1 aromatic heterocycles. The number of hydrogen-bond acceptors (Lipinski definition) is 7. The number of nitrogens with zero attached hydrogens (tertiary/aromatic N) is 3. The molecule has 0 aliphatic carbocycles. The van der Waals surface area contributed by atoms with Crippen molar-refractivity contribution >= 4 is 37.9 Å². The highest BCUT2D eigenvalue weighted by atomic mass is 31.1. The molecule has 2 heterocycles. The standard InChI is InChI=1S/C26H29F3N5O3P/c1-15(35)16(2)37-38-14-17-7-9-19(10-8-17)31-25-30-13-20(26(27,28)29)23(33-25)32-21-6-4-5-18-11-12-34(3)24(36)22(18)21/h4-10,13,15-16,35,38H,11-12,14H2,1-3H3,(H2,30,31,32,33). The lowest BCUT2D eigenvalue weighted by molar-refractivity contribution is -0.137. The van der Waals surface area contributed by atoms with Crippen LogP contribution in [0.2, 0.25) is 0 Å². The summed E-state index contributed by atoms with van der Waals surface area (Å²) >= 11 is 0. The summed E-state index contributed by atoms with van der Waals surface area (Å²) in [7, 11) is 1.84. The first-order chi connectivity index (χ1) is 18.0. The number of alkyl halides is 3. The van der Waals surface area contributed by atoms with Crippen molar-refractivity contribution < 1.29 is 27.6 Å². The molecule has 3 aromatic rings. The summed E-state index contributed by atoms with van der Waals surface area (Å²) in [5.41, 5.74) is 1.92. The van der Waals surface area contributed by atoms with Gasteiger partial charge in [0.15, 0.2) is 0 Å². The molecule has 3 atom stereocenters. The molecule has 12 heteroatoms. The molecule has 0 spiro atoms. The van der Waals surface area contributed by atoms with Gasteiger partial charge in [-0.15, -0.1) is 0 Å². The van der Waals surface area contributed by atoms with Crippen LogP contribution in [-0.2, 0) is 23.3 Å². The third-order valence-corrected chi connectivity index (χ3v) is 7.30. The lowest BCUT2D eigenvalue weighted by Crippen LogP contribution is -2.34. The first-order valence-corrected chi connectivity index (χ1v) is 13.2. The second-order valence-electron chi connectivity index (χ2n) is 9.10. The number of aliphatic hydroxyl groups excluding tert-OH is 1. The summed E-state index contributed by atoms with van der Waals surface area (Å²) in [6, 6.07) is 12.3. The number of carbonyl (C=O) groups excluding carboxylic acids is 1. The lowest BCUT2D eigenvalue weighted by Gasteiger charge is -2.27. The lowest BCUT2D eigenvalue weighted by atomic mass is 9.97. The third kappa shape index (κ3) is 6.59. The van der Waals surface area contributed by atoms with Crippen molar-refractivity contribution in [2.24, 2.45) is 0 Å². The van der Waals surface area contributed by atoms with E-state index in [2.05, 4.69) is 20.6 Å². The van der Waals surface area contributed by atoms with Crippen LogP contribution in [0.1, 0.15) is 40.9 Å². The molecule has 0 bridgehead atoms. The van der Waals surface area contributed by atoms with Gasteiger partial charge in [0.1, 0.15) is 11.4 Å². The van der Waals surface area contributed by atoms with Crippen molar-refractivity contribution in [1.82, 2.24) is 14.9 Å². The van der Waals surface area contributed by atoms with Crippen LogP contribution in [0, 0.1) is 0 Å². The van der Waals surface area contributed by atoms with Crippen molar-refractivity contribution in [3.63, 3.8) is 0 Å². The van der Waals surface area contributed by atoms with Crippen LogP contribution < -0.4 is 10.6 Å². The Hall–Kier alpha value is -3.27. The van der Waals surface area contributed by atoms with Gasteiger partial charge in [-0.2, -0.15) is 18.2 Å². The number of benzene rings is 2. The van der Waals surface area contributed by atoms with E-state index < -0.39 is 23.7 Å². The summed E-state index contributed by atoms with van der Waals surface area (Å²) in [6.45, 7) is 4.02. The van der Waals surface area contributed by atoms with Crippen LogP contribution in [0.4, 0.5) is 36.3 Å². The average Bonchev–Trinajstić information content (AvgIpc) is 2.86. The van der Waals surface area contributed by atoms with Crippen LogP contribution in [-0.4, -0.2) is 51.7 Å². The molecule has 3 unspecified atom stereocenters. The molecular formula is C26H29F3N5O3P. The maximum absolute atomic E-state index is 13.8. The van der Waals surface area contributed by atoms with E-state index in [1.54, 1.807) is 51.2 Å². The molecule has 4 rings (SSSR count). The van der Waals surface area contributed by atoms with E-state index in [0.717, 1.165) is 17.3 Å². The number of likely N-dealkylation sites (N-methyl/N-ethyl adjacent to an activating group) is 1. The van der Waals surface area contributed by atoms with E-state index in [1.807, 2.05) is 12.1 Å². The zero-order chi connectivity index (χ0) is 27.4. The zero-order valence-electron chi connectivity index (χ0n) is 21.1. The van der Waals surface area contributed by atoms with Gasteiger partial charge in [-0.05, 0) is 49.6 Å². The largest absolute Gasteiger partial charge is 0.421 e. The number of carbonyl (C=O) groups is 1. The Morgan fingerprint density at radius 1 is 1.16 bits per heavy atom. The number of fused-ring (bicyclic) bond motifs is 1. The van der Waals surface area contributed by atoms with Crippen LogP contribution in [0.25, 0.3) is 0 Å². The predicted octanol–water partition coefficient (Wildman–Crippen LogP) is 5.49. The Bertz CT molecular complexity index is 1290. The van der Waals surface area contributed by atoms with Gasteiger partial charge in [-0.3, -0.25) is 4.79 Å². The highest BCUT2D eigenvalue weighted by Crippen LogP contribution is 2.37. The quantitative estimate of drug-likeness (QED) is 0.305. The molecule has 202 valence electrons. The normalized spacial score (nSPS) is 15.4. The number of nitrogens with one attached hydrogen (secondary N) is 2. The topological polar surface area (TPSA) is 99.6 Å². The first-order valence-electron chi connectivity index (χ1n) is 12.0. The van der Waals surface area contributed by atoms with Crippen molar-refractivity contribution in [1.29, 1.82) is 0 Å². The molecule has 8 nitrogen and oxygen atoms in total. The van der Waals surface area contributed by atoms with E-state index in [9.17, 15) is 23.1 Å². The number of amides is 1. The molecule has 0 saturated carbocycles. The summed E-state index contributed by atoms with van der Waals surface area (Å²) < 4.78 is 47.0. The Kier molecular flexibility index (Phi) is 8.50. The van der Waals surface area contributed by atoms with Gasteiger partial charge in [-0.1, -0.05) is 24.3 Å². The van der Waals surface area contributed by atoms with Gasteiger partial charge >= 0.3 is 6.18 Å². The van der Waals surface area contributed by atoms with E-state index >= 15 is 0 Å². The highest BCUT2D eigenvalue weighted by Gasteiger charge is 2.36. The minimum absolute atomic E-state index is 0.0301. The van der Waals surface area contributed by atoms with Crippen LogP contribution >= 0.6 is 8.81 Å². The molecular weight excluding hydrogens is 518 g/mol. The highest BCUT2D eigenvalue weighted by molar-refractivity contribution is 7.31. The Balaban J connectivity index is 1.53. The van der Waals surface area contributed by atoms with Crippen molar-refractivity contribution in [3.8, 4) is 0 Å². The Labute approximate surface area is 220 Å². The van der Waals surface area contributed by atoms with Crippen LogP contribution in [0.3, 0.4) is 0 Å². The maximum Gasteiger partial charge on any atom is 0.421 e.